The van der Waals surface area contributed by atoms with Crippen molar-refractivity contribution < 1.29 is 8.78 Å². The maximum atomic E-state index is 13.2. The highest BCUT2D eigenvalue weighted by Crippen LogP contribution is 2.14. The van der Waals surface area contributed by atoms with Gasteiger partial charge in [-0.05, 0) is 44.0 Å². The summed E-state index contributed by atoms with van der Waals surface area (Å²) in [6.45, 7) is 3.03. The molecule has 0 aliphatic rings. The fraction of sp³-hybridized carbons (Fsp3) is 0.500. The molecule has 1 unspecified atom stereocenters. The number of halogens is 2. The predicted molar refractivity (Wildman–Crippen MR) is 57.8 cm³/mol. The summed E-state index contributed by atoms with van der Waals surface area (Å²) in [6.07, 6.45) is 1.57. The minimum absolute atomic E-state index is 0.438. The Bertz CT molecular complexity index is 312. The molecule has 0 fully saturated rings. The van der Waals surface area contributed by atoms with E-state index in [9.17, 15) is 8.78 Å². The van der Waals surface area contributed by atoms with E-state index < -0.39 is 11.6 Å². The SMILES string of the molecule is CNCC(C)CCc1ccc(F)cc1F. The van der Waals surface area contributed by atoms with Gasteiger partial charge in [0.25, 0.3) is 0 Å². The molecule has 1 aromatic rings. The molecule has 0 aliphatic carbocycles. The van der Waals surface area contributed by atoms with E-state index >= 15 is 0 Å². The Morgan fingerprint density at radius 1 is 1.33 bits per heavy atom. The third kappa shape index (κ3) is 3.96. The molecular formula is C12H17F2N. The lowest BCUT2D eigenvalue weighted by molar-refractivity contribution is 0.494. The molecule has 1 nitrogen and oxygen atoms in total. The number of benzene rings is 1. The first-order chi connectivity index (χ1) is 7.13. The van der Waals surface area contributed by atoms with Gasteiger partial charge in [0, 0.05) is 6.07 Å². The van der Waals surface area contributed by atoms with Crippen molar-refractivity contribution in [3.63, 3.8) is 0 Å². The second-order valence-electron chi connectivity index (χ2n) is 3.94. The van der Waals surface area contributed by atoms with E-state index in [0.717, 1.165) is 19.0 Å². The van der Waals surface area contributed by atoms with Crippen LogP contribution in [-0.4, -0.2) is 13.6 Å². The van der Waals surface area contributed by atoms with Gasteiger partial charge in [0.1, 0.15) is 11.6 Å². The Morgan fingerprint density at radius 2 is 2.07 bits per heavy atom. The van der Waals surface area contributed by atoms with Crippen LogP contribution in [0.15, 0.2) is 18.2 Å². The minimum atomic E-state index is -0.514. The summed E-state index contributed by atoms with van der Waals surface area (Å²) in [4.78, 5) is 0. The maximum Gasteiger partial charge on any atom is 0.129 e. The summed E-state index contributed by atoms with van der Waals surface area (Å²) >= 11 is 0. The molecule has 1 atom stereocenters. The topological polar surface area (TPSA) is 12.0 Å². The van der Waals surface area contributed by atoms with Crippen LogP contribution in [-0.2, 0) is 6.42 Å². The van der Waals surface area contributed by atoms with Gasteiger partial charge >= 0.3 is 0 Å². The van der Waals surface area contributed by atoms with Crippen LogP contribution in [0.2, 0.25) is 0 Å². The van der Waals surface area contributed by atoms with Gasteiger partial charge in [-0.25, -0.2) is 8.78 Å². The van der Waals surface area contributed by atoms with Gasteiger partial charge in [-0.3, -0.25) is 0 Å². The lowest BCUT2D eigenvalue weighted by atomic mass is 10.0. The zero-order chi connectivity index (χ0) is 11.3. The van der Waals surface area contributed by atoms with Crippen LogP contribution in [0.25, 0.3) is 0 Å². The first-order valence-electron chi connectivity index (χ1n) is 5.22. The third-order valence-corrected chi connectivity index (χ3v) is 2.47. The molecular weight excluding hydrogens is 196 g/mol. The summed E-state index contributed by atoms with van der Waals surface area (Å²) < 4.78 is 25.8. The largest absolute Gasteiger partial charge is 0.319 e. The molecule has 15 heavy (non-hydrogen) atoms. The van der Waals surface area contributed by atoms with Gasteiger partial charge in [-0.2, -0.15) is 0 Å². The number of rotatable bonds is 5. The first kappa shape index (κ1) is 12.1. The summed E-state index contributed by atoms with van der Waals surface area (Å²) in [5.74, 6) is -0.453. The third-order valence-electron chi connectivity index (χ3n) is 2.47. The first-order valence-corrected chi connectivity index (χ1v) is 5.22. The van der Waals surface area contributed by atoms with Crippen molar-refractivity contribution in [2.75, 3.05) is 13.6 Å². The number of nitrogens with one attached hydrogen (secondary N) is 1. The molecule has 0 saturated heterocycles. The highest BCUT2D eigenvalue weighted by Gasteiger charge is 2.06. The fourth-order valence-electron chi connectivity index (χ4n) is 1.58. The Kier molecular flexibility index (Phi) is 4.69. The predicted octanol–water partition coefficient (Wildman–Crippen LogP) is 2.75. The van der Waals surface area contributed by atoms with Gasteiger partial charge in [-0.1, -0.05) is 13.0 Å². The molecule has 1 N–H and O–H groups in total. The second-order valence-corrected chi connectivity index (χ2v) is 3.94. The molecule has 0 aromatic heterocycles. The Balaban J connectivity index is 2.50. The average Bonchev–Trinajstić information content (AvgIpc) is 2.17. The monoisotopic (exact) mass is 213 g/mol. The van der Waals surface area contributed by atoms with Crippen molar-refractivity contribution in [3.05, 3.63) is 35.4 Å². The molecule has 1 rings (SSSR count). The summed E-state index contributed by atoms with van der Waals surface area (Å²) in [7, 11) is 1.90. The van der Waals surface area contributed by atoms with Crippen LogP contribution in [0.4, 0.5) is 8.78 Å². The van der Waals surface area contributed by atoms with Gasteiger partial charge in [0.15, 0.2) is 0 Å². The molecule has 0 saturated carbocycles. The average molecular weight is 213 g/mol. The molecule has 3 heteroatoms. The van der Waals surface area contributed by atoms with Crippen molar-refractivity contribution in [1.82, 2.24) is 5.32 Å². The van der Waals surface area contributed by atoms with Crippen LogP contribution in [0.3, 0.4) is 0 Å². The van der Waals surface area contributed by atoms with Crippen LogP contribution >= 0.6 is 0 Å². The van der Waals surface area contributed by atoms with E-state index in [1.54, 1.807) is 0 Å². The van der Waals surface area contributed by atoms with Gasteiger partial charge < -0.3 is 5.32 Å². The van der Waals surface area contributed by atoms with Crippen molar-refractivity contribution >= 4 is 0 Å². The molecule has 1 aromatic carbocycles. The Labute approximate surface area is 89.5 Å². The van der Waals surface area contributed by atoms with E-state index in [4.69, 9.17) is 0 Å². The van der Waals surface area contributed by atoms with Crippen LogP contribution < -0.4 is 5.32 Å². The molecule has 84 valence electrons. The zero-order valence-electron chi connectivity index (χ0n) is 9.19. The van der Waals surface area contributed by atoms with Gasteiger partial charge in [0.2, 0.25) is 0 Å². The number of hydrogen-bond acceptors (Lipinski definition) is 1. The van der Waals surface area contributed by atoms with Crippen molar-refractivity contribution in [2.24, 2.45) is 5.92 Å². The molecule has 0 heterocycles. The normalized spacial score (nSPS) is 12.8. The van der Waals surface area contributed by atoms with E-state index in [2.05, 4.69) is 12.2 Å². The second kappa shape index (κ2) is 5.81. The standard InChI is InChI=1S/C12H17F2N/c1-9(8-15-2)3-4-10-5-6-11(13)7-12(10)14/h5-7,9,15H,3-4,8H2,1-2H3. The molecule has 0 amide bonds. The van der Waals surface area contributed by atoms with Crippen LogP contribution in [0.1, 0.15) is 18.9 Å². The van der Waals surface area contributed by atoms with E-state index in [-0.39, 0.29) is 0 Å². The van der Waals surface area contributed by atoms with Crippen molar-refractivity contribution in [3.8, 4) is 0 Å². The summed E-state index contributed by atoms with van der Waals surface area (Å²) in [5.41, 5.74) is 0.597. The Morgan fingerprint density at radius 3 is 2.67 bits per heavy atom. The highest BCUT2D eigenvalue weighted by molar-refractivity contribution is 5.18. The lowest BCUT2D eigenvalue weighted by Crippen LogP contribution is -2.16. The van der Waals surface area contributed by atoms with Crippen LogP contribution in [0, 0.1) is 17.6 Å². The van der Waals surface area contributed by atoms with E-state index in [0.29, 0.717) is 17.9 Å². The summed E-state index contributed by atoms with van der Waals surface area (Å²) in [6, 6.07) is 3.77. The molecule has 0 bridgehead atoms. The lowest BCUT2D eigenvalue weighted by Gasteiger charge is -2.10. The van der Waals surface area contributed by atoms with Crippen LogP contribution in [0.5, 0.6) is 0 Å². The molecule has 0 spiro atoms. The summed E-state index contributed by atoms with van der Waals surface area (Å²) in [5, 5.41) is 3.07. The Hall–Kier alpha value is -0.960. The van der Waals surface area contributed by atoms with Gasteiger partial charge in [0.05, 0.1) is 0 Å². The zero-order valence-corrected chi connectivity index (χ0v) is 9.19. The van der Waals surface area contributed by atoms with Gasteiger partial charge in [-0.15, -0.1) is 0 Å². The van der Waals surface area contributed by atoms with E-state index in [1.807, 2.05) is 7.05 Å². The number of aryl methyl sites for hydroxylation is 1. The fourth-order valence-corrected chi connectivity index (χ4v) is 1.58. The maximum absolute atomic E-state index is 13.2. The minimum Gasteiger partial charge on any atom is -0.319 e. The van der Waals surface area contributed by atoms with Crippen molar-refractivity contribution in [2.45, 2.75) is 19.8 Å². The van der Waals surface area contributed by atoms with E-state index in [1.165, 1.54) is 12.1 Å². The molecule has 0 aliphatic heterocycles. The molecule has 0 radical (unpaired) electrons. The number of hydrogen-bond donors (Lipinski definition) is 1. The van der Waals surface area contributed by atoms with Crippen molar-refractivity contribution in [1.29, 1.82) is 0 Å². The highest BCUT2D eigenvalue weighted by atomic mass is 19.1. The quantitative estimate of drug-likeness (QED) is 0.793. The smallest absolute Gasteiger partial charge is 0.129 e.